The SMILES string of the molecule is CC(=O)O[C@@H]1[C@@H](OC(C)=O)[C@H](OC(C)=O)CS[C@H]1Oc1cncc(-c2ccc(F)c(C#N)c2)c1. The number of carbonyl (C=O) groups excluding carboxylic acids is 3. The van der Waals surface area contributed by atoms with Crippen molar-refractivity contribution in [2.24, 2.45) is 0 Å². The Labute approximate surface area is 199 Å². The van der Waals surface area contributed by atoms with Crippen LogP contribution in [-0.2, 0) is 28.6 Å². The highest BCUT2D eigenvalue weighted by atomic mass is 32.2. The van der Waals surface area contributed by atoms with Crippen molar-refractivity contribution in [2.75, 3.05) is 5.75 Å². The predicted octanol–water partition coefficient (Wildman–Crippen LogP) is 3.01. The minimum Gasteiger partial charge on any atom is -0.474 e. The Bertz CT molecular complexity index is 1140. The Kier molecular flexibility index (Phi) is 8.07. The zero-order chi connectivity index (χ0) is 24.8. The lowest BCUT2D eigenvalue weighted by molar-refractivity contribution is -0.186. The van der Waals surface area contributed by atoms with E-state index in [9.17, 15) is 18.8 Å². The van der Waals surface area contributed by atoms with E-state index in [-0.39, 0.29) is 11.3 Å². The van der Waals surface area contributed by atoms with Gasteiger partial charge in [0.05, 0.1) is 11.8 Å². The van der Waals surface area contributed by atoms with Crippen LogP contribution in [0.25, 0.3) is 11.1 Å². The van der Waals surface area contributed by atoms with Gasteiger partial charge in [-0.2, -0.15) is 5.26 Å². The molecule has 0 N–H and O–H groups in total. The van der Waals surface area contributed by atoms with Crippen molar-refractivity contribution in [3.05, 3.63) is 48.0 Å². The van der Waals surface area contributed by atoms with Gasteiger partial charge in [0.1, 0.15) is 17.6 Å². The van der Waals surface area contributed by atoms with E-state index >= 15 is 0 Å². The maximum atomic E-state index is 13.7. The topological polar surface area (TPSA) is 125 Å². The molecule has 1 aromatic heterocycles. The van der Waals surface area contributed by atoms with E-state index in [4.69, 9.17) is 24.2 Å². The van der Waals surface area contributed by atoms with Gasteiger partial charge >= 0.3 is 17.9 Å². The summed E-state index contributed by atoms with van der Waals surface area (Å²) in [6, 6.07) is 7.52. The highest BCUT2D eigenvalue weighted by Gasteiger charge is 2.47. The first-order valence-electron chi connectivity index (χ1n) is 10.1. The van der Waals surface area contributed by atoms with Gasteiger partial charge in [-0.3, -0.25) is 19.4 Å². The molecule has 0 saturated carbocycles. The van der Waals surface area contributed by atoms with Gasteiger partial charge in [0.2, 0.25) is 0 Å². The summed E-state index contributed by atoms with van der Waals surface area (Å²) < 4.78 is 35.7. The Morgan fingerprint density at radius 2 is 1.68 bits per heavy atom. The minimum absolute atomic E-state index is 0.109. The van der Waals surface area contributed by atoms with Crippen LogP contribution in [0.4, 0.5) is 4.39 Å². The van der Waals surface area contributed by atoms with Gasteiger partial charge in [-0.25, -0.2) is 4.39 Å². The van der Waals surface area contributed by atoms with Crippen molar-refractivity contribution in [2.45, 2.75) is 44.5 Å². The van der Waals surface area contributed by atoms with Gasteiger partial charge < -0.3 is 18.9 Å². The summed E-state index contributed by atoms with van der Waals surface area (Å²) in [5.74, 6) is -1.97. The van der Waals surface area contributed by atoms with E-state index in [1.807, 2.05) is 0 Å². The molecule has 1 aromatic carbocycles. The number of carbonyl (C=O) groups is 3. The smallest absolute Gasteiger partial charge is 0.303 e. The van der Waals surface area contributed by atoms with Gasteiger partial charge in [-0.05, 0) is 23.8 Å². The van der Waals surface area contributed by atoms with Crippen LogP contribution in [-0.4, -0.2) is 52.4 Å². The number of hydrogen-bond acceptors (Lipinski definition) is 10. The number of aromatic nitrogens is 1. The standard InChI is InChI=1S/C23H21FN2O7S/c1-12(27)30-20-11-34-23(22(32-14(3)29)21(20)31-13(2)28)33-18-7-17(9-26-10-18)15-4-5-19(24)16(6-15)8-25/h4-7,9-10,20-23H,11H2,1-3H3/t20-,21+,22-,23-/m1/s1. The van der Waals surface area contributed by atoms with Gasteiger partial charge in [0.15, 0.2) is 23.7 Å². The maximum Gasteiger partial charge on any atom is 0.303 e. The molecule has 1 fully saturated rings. The van der Waals surface area contributed by atoms with E-state index < -0.39 is 47.5 Å². The molecular formula is C23H21FN2O7S. The molecule has 3 rings (SSSR count). The molecule has 0 unspecified atom stereocenters. The summed E-state index contributed by atoms with van der Waals surface area (Å²) >= 11 is 1.21. The van der Waals surface area contributed by atoms with Crippen LogP contribution in [0.3, 0.4) is 0 Å². The van der Waals surface area contributed by atoms with Gasteiger partial charge in [-0.15, -0.1) is 11.8 Å². The molecule has 2 heterocycles. The molecule has 178 valence electrons. The Balaban J connectivity index is 1.89. The molecule has 4 atom stereocenters. The highest BCUT2D eigenvalue weighted by molar-refractivity contribution is 7.99. The predicted molar refractivity (Wildman–Crippen MR) is 118 cm³/mol. The van der Waals surface area contributed by atoms with Crippen LogP contribution in [0, 0.1) is 17.1 Å². The first-order chi connectivity index (χ1) is 16.2. The van der Waals surface area contributed by atoms with Crippen molar-refractivity contribution in [1.82, 2.24) is 4.98 Å². The van der Waals surface area contributed by atoms with Crippen molar-refractivity contribution in [1.29, 1.82) is 5.26 Å². The van der Waals surface area contributed by atoms with Crippen LogP contribution < -0.4 is 4.74 Å². The molecule has 0 spiro atoms. The van der Waals surface area contributed by atoms with Gasteiger partial charge in [-0.1, -0.05) is 6.07 Å². The number of esters is 3. The molecule has 1 aliphatic rings. The van der Waals surface area contributed by atoms with Crippen molar-refractivity contribution in [3.8, 4) is 22.9 Å². The van der Waals surface area contributed by atoms with Crippen LogP contribution in [0.1, 0.15) is 26.3 Å². The molecule has 11 heteroatoms. The molecule has 0 radical (unpaired) electrons. The third kappa shape index (κ3) is 6.23. The van der Waals surface area contributed by atoms with E-state index in [0.29, 0.717) is 16.9 Å². The summed E-state index contributed by atoms with van der Waals surface area (Å²) in [6.45, 7) is 3.62. The van der Waals surface area contributed by atoms with E-state index in [1.54, 1.807) is 12.1 Å². The fourth-order valence-corrected chi connectivity index (χ4v) is 4.59. The third-order valence-corrected chi connectivity index (χ3v) is 5.90. The molecule has 2 aromatic rings. The fourth-order valence-electron chi connectivity index (χ4n) is 3.38. The molecule has 9 nitrogen and oxygen atoms in total. The second-order valence-corrected chi connectivity index (χ2v) is 8.46. The Morgan fingerprint density at radius 3 is 2.32 bits per heavy atom. The number of rotatable bonds is 6. The molecule has 0 aliphatic carbocycles. The Hall–Kier alpha value is -3.65. The van der Waals surface area contributed by atoms with Crippen LogP contribution >= 0.6 is 11.8 Å². The number of nitriles is 1. The van der Waals surface area contributed by atoms with E-state index in [2.05, 4.69) is 4.98 Å². The minimum atomic E-state index is -1.08. The van der Waals surface area contributed by atoms with E-state index in [0.717, 1.165) is 0 Å². The van der Waals surface area contributed by atoms with Crippen LogP contribution in [0.15, 0.2) is 36.7 Å². The molecular weight excluding hydrogens is 467 g/mol. The zero-order valence-corrected chi connectivity index (χ0v) is 19.3. The number of pyridine rings is 1. The molecule has 1 aliphatic heterocycles. The molecule has 0 bridgehead atoms. The lowest BCUT2D eigenvalue weighted by Crippen LogP contribution is -2.55. The monoisotopic (exact) mass is 488 g/mol. The number of benzene rings is 1. The number of nitrogens with zero attached hydrogens (tertiary/aromatic N) is 2. The number of hydrogen-bond donors (Lipinski definition) is 0. The lowest BCUT2D eigenvalue weighted by atomic mass is 10.0. The van der Waals surface area contributed by atoms with Crippen molar-refractivity contribution < 1.29 is 37.7 Å². The second kappa shape index (κ2) is 11.0. The summed E-state index contributed by atoms with van der Waals surface area (Å²) in [5, 5.41) is 9.08. The third-order valence-electron chi connectivity index (χ3n) is 4.69. The summed E-state index contributed by atoms with van der Waals surface area (Å²) in [4.78, 5) is 39.2. The quantitative estimate of drug-likeness (QED) is 0.442. The average Bonchev–Trinajstić information content (AvgIpc) is 2.77. The largest absolute Gasteiger partial charge is 0.474 e. The van der Waals surface area contributed by atoms with Crippen molar-refractivity contribution >= 4 is 29.7 Å². The normalized spacial score (nSPS) is 21.6. The highest BCUT2D eigenvalue weighted by Crippen LogP contribution is 2.35. The lowest BCUT2D eigenvalue weighted by Gasteiger charge is -2.39. The first-order valence-corrected chi connectivity index (χ1v) is 11.2. The molecule has 1 saturated heterocycles. The molecule has 0 amide bonds. The fraction of sp³-hybridized carbons (Fsp3) is 0.348. The first kappa shape index (κ1) is 25.0. The van der Waals surface area contributed by atoms with E-state index in [1.165, 1.54) is 63.1 Å². The summed E-state index contributed by atoms with van der Waals surface area (Å²) in [6.07, 6.45) is -0.0457. The second-order valence-electron chi connectivity index (χ2n) is 7.33. The van der Waals surface area contributed by atoms with Gasteiger partial charge in [0.25, 0.3) is 0 Å². The van der Waals surface area contributed by atoms with Crippen molar-refractivity contribution in [3.63, 3.8) is 0 Å². The molecule has 34 heavy (non-hydrogen) atoms. The number of halogens is 1. The Morgan fingerprint density at radius 1 is 1.00 bits per heavy atom. The summed E-state index contributed by atoms with van der Waals surface area (Å²) in [5.41, 5.74) is 0.187. The van der Waals surface area contributed by atoms with Crippen LogP contribution in [0.5, 0.6) is 5.75 Å². The number of ether oxygens (including phenoxy) is 4. The maximum absolute atomic E-state index is 13.7. The average molecular weight is 488 g/mol. The zero-order valence-electron chi connectivity index (χ0n) is 18.5. The summed E-state index contributed by atoms with van der Waals surface area (Å²) in [7, 11) is 0. The van der Waals surface area contributed by atoms with Crippen LogP contribution in [0.2, 0.25) is 0 Å². The van der Waals surface area contributed by atoms with Gasteiger partial charge in [0, 0.05) is 38.3 Å². The number of thioether (sulfide) groups is 1.